The fourth-order valence-electron chi connectivity index (χ4n) is 3.10. The molecule has 1 aromatic heterocycles. The summed E-state index contributed by atoms with van der Waals surface area (Å²) in [5.41, 5.74) is 5.17. The maximum absolute atomic E-state index is 9.97. The van der Waals surface area contributed by atoms with E-state index in [1.807, 2.05) is 36.4 Å². The Morgan fingerprint density at radius 3 is 2.83 bits per heavy atom. The molecule has 0 unspecified atom stereocenters. The molecule has 5 heteroatoms. The molecule has 1 N–H and O–H groups in total. The number of aromatic nitrogens is 1. The monoisotopic (exact) mass is 448 g/mol. The maximum Gasteiger partial charge on any atom is 0.227 e. The Balaban J connectivity index is 1.64. The second-order valence-corrected chi connectivity index (χ2v) is 7.98. The first-order chi connectivity index (χ1) is 14.0. The number of oxazole rings is 1. The van der Waals surface area contributed by atoms with Gasteiger partial charge >= 0.3 is 0 Å². The van der Waals surface area contributed by atoms with Crippen LogP contribution in [0.4, 0.5) is 5.69 Å². The molecule has 1 heterocycles. The van der Waals surface area contributed by atoms with Gasteiger partial charge in [0.25, 0.3) is 0 Å². The second kappa shape index (κ2) is 8.21. The molecule has 0 aliphatic heterocycles. The van der Waals surface area contributed by atoms with Gasteiger partial charge in [0.05, 0.1) is 5.69 Å². The third-order valence-corrected chi connectivity index (χ3v) is 5.52. The number of fused-ring (bicyclic) bond motifs is 1. The van der Waals surface area contributed by atoms with Crippen molar-refractivity contribution in [2.24, 2.45) is 4.99 Å². The molecule has 4 nitrogen and oxygen atoms in total. The van der Waals surface area contributed by atoms with E-state index in [9.17, 15) is 5.11 Å². The molecule has 4 aromatic rings. The summed E-state index contributed by atoms with van der Waals surface area (Å²) in [7, 11) is 0. The van der Waals surface area contributed by atoms with Crippen LogP contribution in [-0.2, 0) is 0 Å². The number of nitrogens with zero attached hydrogens (tertiary/aromatic N) is 2. The van der Waals surface area contributed by atoms with E-state index < -0.39 is 0 Å². The van der Waals surface area contributed by atoms with Crippen LogP contribution < -0.4 is 0 Å². The average molecular weight is 449 g/mol. The fourth-order valence-corrected chi connectivity index (χ4v) is 3.48. The highest BCUT2D eigenvalue weighted by Crippen LogP contribution is 2.30. The Hall–Kier alpha value is -2.92. The summed E-state index contributed by atoms with van der Waals surface area (Å²) in [6, 6.07) is 19.1. The smallest absolute Gasteiger partial charge is 0.227 e. The summed E-state index contributed by atoms with van der Waals surface area (Å²) in [4.78, 5) is 9.17. The van der Waals surface area contributed by atoms with Crippen molar-refractivity contribution in [1.82, 2.24) is 4.98 Å². The molecule has 1 atom stereocenters. The number of phenolic OH excluding ortho intramolecular Hbond substituents is 1. The van der Waals surface area contributed by atoms with E-state index >= 15 is 0 Å². The van der Waals surface area contributed by atoms with Gasteiger partial charge in [-0.25, -0.2) is 4.98 Å². The summed E-state index contributed by atoms with van der Waals surface area (Å²) in [6.45, 7) is 4.40. The zero-order chi connectivity index (χ0) is 20.4. The van der Waals surface area contributed by atoms with Crippen molar-refractivity contribution < 1.29 is 9.52 Å². The van der Waals surface area contributed by atoms with E-state index in [1.165, 1.54) is 5.56 Å². The minimum atomic E-state index is 0.184. The van der Waals surface area contributed by atoms with E-state index in [0.29, 0.717) is 17.4 Å². The Bertz CT molecular complexity index is 1200. The first kappa shape index (κ1) is 19.4. The van der Waals surface area contributed by atoms with Gasteiger partial charge in [-0.15, -0.1) is 0 Å². The van der Waals surface area contributed by atoms with Gasteiger partial charge in [0.15, 0.2) is 5.58 Å². The quantitative estimate of drug-likeness (QED) is 0.327. The molecule has 0 radical (unpaired) electrons. The highest BCUT2D eigenvalue weighted by atomic mass is 79.9. The van der Waals surface area contributed by atoms with Gasteiger partial charge < -0.3 is 9.52 Å². The number of benzene rings is 3. The molecule has 0 spiro atoms. The third kappa shape index (κ3) is 4.25. The lowest BCUT2D eigenvalue weighted by atomic mass is 9.98. The molecule has 0 aliphatic carbocycles. The SMILES string of the molecule is CC[C@H](C)c1ccc2oc(-c3cccc(N=Cc4cc(Br)ccc4O)c3)nc2c1. The first-order valence-corrected chi connectivity index (χ1v) is 10.4. The van der Waals surface area contributed by atoms with Gasteiger partial charge in [0, 0.05) is 21.8 Å². The zero-order valence-electron chi connectivity index (χ0n) is 16.3. The predicted octanol–water partition coefficient (Wildman–Crippen LogP) is 7.23. The Morgan fingerprint density at radius 2 is 2.00 bits per heavy atom. The number of hydrogen-bond acceptors (Lipinski definition) is 4. The molecular weight excluding hydrogens is 428 g/mol. The molecule has 0 saturated heterocycles. The molecule has 3 aromatic carbocycles. The number of halogens is 1. The van der Waals surface area contributed by atoms with E-state index in [0.717, 1.165) is 33.2 Å². The van der Waals surface area contributed by atoms with Crippen molar-refractivity contribution in [2.75, 3.05) is 0 Å². The summed E-state index contributed by atoms with van der Waals surface area (Å²) in [6.07, 6.45) is 2.73. The van der Waals surface area contributed by atoms with Gasteiger partial charge in [-0.1, -0.05) is 41.9 Å². The predicted molar refractivity (Wildman–Crippen MR) is 121 cm³/mol. The molecule has 0 saturated carbocycles. The molecular formula is C24H21BrN2O2. The molecule has 0 bridgehead atoms. The van der Waals surface area contributed by atoms with Crippen molar-refractivity contribution in [3.63, 3.8) is 0 Å². The Morgan fingerprint density at radius 1 is 1.14 bits per heavy atom. The van der Waals surface area contributed by atoms with Gasteiger partial charge in [-0.05, 0) is 66.4 Å². The van der Waals surface area contributed by atoms with Crippen LogP contribution in [0.15, 0.2) is 74.5 Å². The number of phenols is 1. The molecule has 0 amide bonds. The zero-order valence-corrected chi connectivity index (χ0v) is 17.8. The van der Waals surface area contributed by atoms with Crippen LogP contribution in [0.1, 0.15) is 37.3 Å². The van der Waals surface area contributed by atoms with Crippen molar-refractivity contribution >= 4 is 38.9 Å². The minimum absolute atomic E-state index is 0.184. The third-order valence-electron chi connectivity index (χ3n) is 5.03. The fraction of sp³-hybridized carbons (Fsp3) is 0.167. The van der Waals surface area contributed by atoms with Gasteiger partial charge in [-0.2, -0.15) is 0 Å². The summed E-state index contributed by atoms with van der Waals surface area (Å²) >= 11 is 3.41. The van der Waals surface area contributed by atoms with Crippen molar-refractivity contribution in [2.45, 2.75) is 26.2 Å². The topological polar surface area (TPSA) is 58.6 Å². The van der Waals surface area contributed by atoms with Crippen LogP contribution >= 0.6 is 15.9 Å². The summed E-state index contributed by atoms with van der Waals surface area (Å²) in [5, 5.41) is 9.97. The highest BCUT2D eigenvalue weighted by molar-refractivity contribution is 9.10. The lowest BCUT2D eigenvalue weighted by Gasteiger charge is -2.07. The normalized spacial score (nSPS) is 12.7. The lowest BCUT2D eigenvalue weighted by Crippen LogP contribution is -1.90. The number of aliphatic imine (C=N–C) groups is 1. The number of rotatable bonds is 5. The summed E-state index contributed by atoms with van der Waals surface area (Å²) in [5.74, 6) is 1.25. The minimum Gasteiger partial charge on any atom is -0.507 e. The van der Waals surface area contributed by atoms with Crippen molar-refractivity contribution in [3.05, 3.63) is 76.3 Å². The van der Waals surface area contributed by atoms with Crippen molar-refractivity contribution in [3.8, 4) is 17.2 Å². The number of aromatic hydroxyl groups is 1. The van der Waals surface area contributed by atoms with Gasteiger partial charge in [-0.3, -0.25) is 4.99 Å². The first-order valence-electron chi connectivity index (χ1n) is 9.57. The van der Waals surface area contributed by atoms with Crippen LogP contribution in [0.2, 0.25) is 0 Å². The Labute approximate surface area is 178 Å². The molecule has 29 heavy (non-hydrogen) atoms. The molecule has 146 valence electrons. The average Bonchev–Trinajstić information content (AvgIpc) is 3.17. The van der Waals surface area contributed by atoms with Crippen molar-refractivity contribution in [1.29, 1.82) is 0 Å². The van der Waals surface area contributed by atoms with Crippen LogP contribution in [0, 0.1) is 0 Å². The van der Waals surface area contributed by atoms with Gasteiger partial charge in [0.2, 0.25) is 5.89 Å². The van der Waals surface area contributed by atoms with E-state index in [4.69, 9.17) is 4.42 Å². The van der Waals surface area contributed by atoms with E-state index in [2.05, 4.69) is 51.9 Å². The van der Waals surface area contributed by atoms with E-state index in [-0.39, 0.29) is 5.75 Å². The van der Waals surface area contributed by atoms with E-state index in [1.54, 1.807) is 18.3 Å². The maximum atomic E-state index is 9.97. The largest absolute Gasteiger partial charge is 0.507 e. The highest BCUT2D eigenvalue weighted by Gasteiger charge is 2.11. The van der Waals surface area contributed by atoms with Crippen LogP contribution in [0.5, 0.6) is 5.75 Å². The standard InChI is InChI=1S/C24H21BrN2O2/c1-3-15(2)16-7-10-23-21(13-16)27-24(29-23)17-5-4-6-20(12-17)26-14-18-11-19(25)8-9-22(18)28/h4-15,28H,3H2,1-2H3/t15-/m0/s1. The Kier molecular flexibility index (Phi) is 5.49. The lowest BCUT2D eigenvalue weighted by molar-refractivity contribution is 0.474. The molecule has 4 rings (SSSR count). The van der Waals surface area contributed by atoms with Crippen LogP contribution in [0.3, 0.4) is 0 Å². The second-order valence-electron chi connectivity index (χ2n) is 7.07. The van der Waals surface area contributed by atoms with Crippen LogP contribution in [0.25, 0.3) is 22.6 Å². The molecule has 0 fully saturated rings. The van der Waals surface area contributed by atoms with Crippen LogP contribution in [-0.4, -0.2) is 16.3 Å². The molecule has 0 aliphatic rings. The summed E-state index contributed by atoms with van der Waals surface area (Å²) < 4.78 is 6.85. The number of hydrogen-bond donors (Lipinski definition) is 1. The van der Waals surface area contributed by atoms with Gasteiger partial charge in [0.1, 0.15) is 11.3 Å².